The van der Waals surface area contributed by atoms with Crippen molar-refractivity contribution in [1.82, 2.24) is 34.9 Å². The fourth-order valence-corrected chi connectivity index (χ4v) is 9.90. The number of carbonyl (C=O) groups excluding carboxylic acids is 2. The minimum Gasteiger partial charge on any atom is -0.383 e. The smallest absolute Gasteiger partial charge is 0.278 e. The highest BCUT2D eigenvalue weighted by Crippen LogP contribution is 2.38. The number of piperidine rings is 3. The predicted octanol–water partition coefficient (Wildman–Crippen LogP) is 5.22. The molecule has 2 atom stereocenters. The quantitative estimate of drug-likeness (QED) is 0.0595. The molecule has 1 aliphatic carbocycles. The lowest BCUT2D eigenvalue weighted by Gasteiger charge is -2.39. The molecule has 306 valence electrons. The highest BCUT2D eigenvalue weighted by Gasteiger charge is 2.38. The number of aryl methyl sites for hydroxylation is 1. The Morgan fingerprint density at radius 3 is 2.15 bits per heavy atom. The summed E-state index contributed by atoms with van der Waals surface area (Å²) in [4.78, 5) is 56.4. The van der Waals surface area contributed by atoms with Gasteiger partial charge in [-0.2, -0.15) is 4.98 Å². The number of rotatable bonds is 11. The molecule has 3 saturated heterocycles. The average molecular weight is 909 g/mol. The molecule has 0 radical (unpaired) electrons. The number of nitrogens with zero attached hydrogens (tertiary/aromatic N) is 7. The lowest BCUT2D eigenvalue weighted by atomic mass is 9.90. The number of nitrogens with one attached hydrogen (secondary N) is 3. The Labute approximate surface area is 356 Å². The molecule has 0 spiro atoms. The number of imide groups is 1. The molecule has 3 aliphatic heterocycles. The number of amides is 2. The fourth-order valence-electron chi connectivity index (χ4n) is 9.15. The number of pyridine rings is 1. The number of aromatic nitrogens is 5. The zero-order valence-corrected chi connectivity index (χ0v) is 35.1. The summed E-state index contributed by atoms with van der Waals surface area (Å²) in [5, 5.41) is 21.4. The van der Waals surface area contributed by atoms with Gasteiger partial charge in [0.2, 0.25) is 17.8 Å². The standard InChI is InChI=1S/C44H49IN10O4/c1-2-21-54-42(58)36-26-46-43(51-40(36)55(54)37-13-5-29-15-20-44(59,27-45)39(29)49-37)48-30-6-10-34(11-7-30)53-24-18-32(19-25-53)47-31-16-22-52(23-17-31)33-8-3-28(4-9-33)35-12-14-38(56)50-41(35)57/h2-11,13,26,31-32,35,47,59H,1,12,14-25,27H2,(H,46,48,51)(H,50,56,57)/t35?,44-/m0/s1. The first-order valence-corrected chi connectivity index (χ1v) is 22.2. The van der Waals surface area contributed by atoms with Crippen molar-refractivity contribution < 1.29 is 14.7 Å². The summed E-state index contributed by atoms with van der Waals surface area (Å²) in [5.41, 5.74) is 5.03. The number of benzene rings is 2. The lowest BCUT2D eigenvalue weighted by Crippen LogP contribution is -2.50. The van der Waals surface area contributed by atoms with Gasteiger partial charge in [-0.3, -0.25) is 19.7 Å². The summed E-state index contributed by atoms with van der Waals surface area (Å²) in [7, 11) is 0. The van der Waals surface area contributed by atoms with Gasteiger partial charge in [0.05, 0.1) is 18.2 Å². The molecule has 9 rings (SSSR count). The Morgan fingerprint density at radius 2 is 1.53 bits per heavy atom. The van der Waals surface area contributed by atoms with E-state index in [1.807, 2.05) is 36.4 Å². The average Bonchev–Trinajstić information content (AvgIpc) is 3.74. The molecule has 3 fully saturated rings. The van der Waals surface area contributed by atoms with Gasteiger partial charge in [0.1, 0.15) is 11.0 Å². The van der Waals surface area contributed by atoms with Gasteiger partial charge in [-0.1, -0.05) is 46.9 Å². The second kappa shape index (κ2) is 16.5. The molecule has 2 aromatic carbocycles. The number of allylic oxidation sites excluding steroid dienone is 1. The van der Waals surface area contributed by atoms with Gasteiger partial charge in [0.15, 0.2) is 11.5 Å². The minimum atomic E-state index is -1.00. The van der Waals surface area contributed by atoms with Crippen LogP contribution in [0.1, 0.15) is 67.7 Å². The van der Waals surface area contributed by atoms with Crippen LogP contribution >= 0.6 is 22.6 Å². The number of aliphatic hydroxyl groups is 1. The van der Waals surface area contributed by atoms with Crippen LogP contribution in [0.15, 0.2) is 84.3 Å². The van der Waals surface area contributed by atoms with Gasteiger partial charge in [-0.05, 0) is 98.5 Å². The van der Waals surface area contributed by atoms with E-state index >= 15 is 0 Å². The molecule has 4 N–H and O–H groups in total. The van der Waals surface area contributed by atoms with E-state index in [0.29, 0.717) is 64.3 Å². The van der Waals surface area contributed by atoms with E-state index < -0.39 is 5.60 Å². The summed E-state index contributed by atoms with van der Waals surface area (Å²) < 4.78 is 3.78. The number of anilines is 4. The van der Waals surface area contributed by atoms with Crippen LogP contribution in [0, 0.1) is 0 Å². The van der Waals surface area contributed by atoms with Crippen molar-refractivity contribution in [3.8, 4) is 5.82 Å². The van der Waals surface area contributed by atoms with E-state index in [0.717, 1.165) is 75.1 Å². The van der Waals surface area contributed by atoms with Crippen molar-refractivity contribution in [3.05, 3.63) is 107 Å². The number of alkyl halides is 1. The second-order valence-electron chi connectivity index (χ2n) is 16.2. The van der Waals surface area contributed by atoms with Gasteiger partial charge >= 0.3 is 0 Å². The van der Waals surface area contributed by atoms with E-state index in [4.69, 9.17) is 9.97 Å². The maximum absolute atomic E-state index is 13.5. The van der Waals surface area contributed by atoms with Gasteiger partial charge in [0.25, 0.3) is 5.56 Å². The Kier molecular flexibility index (Phi) is 11.0. The summed E-state index contributed by atoms with van der Waals surface area (Å²) in [6.07, 6.45) is 9.91. The highest BCUT2D eigenvalue weighted by atomic mass is 127. The molecule has 3 aromatic heterocycles. The summed E-state index contributed by atoms with van der Waals surface area (Å²) in [6.45, 7) is 8.06. The molecular formula is C44H49IN10O4. The third-order valence-electron chi connectivity index (χ3n) is 12.5. The molecule has 6 heterocycles. The fraction of sp³-hybridized carbons (Fsp3) is 0.409. The predicted molar refractivity (Wildman–Crippen MR) is 237 cm³/mol. The van der Waals surface area contributed by atoms with E-state index in [1.54, 1.807) is 21.6 Å². The molecule has 5 aromatic rings. The molecule has 0 bridgehead atoms. The van der Waals surface area contributed by atoms with Crippen molar-refractivity contribution in [2.24, 2.45) is 0 Å². The van der Waals surface area contributed by atoms with Crippen molar-refractivity contribution in [2.75, 3.05) is 45.7 Å². The zero-order valence-electron chi connectivity index (χ0n) is 32.9. The topological polar surface area (TPSA) is 163 Å². The Hall–Kier alpha value is -5.13. The molecular weight excluding hydrogens is 859 g/mol. The van der Waals surface area contributed by atoms with Crippen LogP contribution in [-0.4, -0.2) is 83.9 Å². The molecule has 59 heavy (non-hydrogen) atoms. The van der Waals surface area contributed by atoms with Crippen LogP contribution in [0.2, 0.25) is 0 Å². The SMILES string of the molecule is C=CCn1c(=O)c2cnc(Nc3ccc(N4CCC(NC5CCN(c6ccc(C7CCC(=O)NC7=O)cc6)CC5)CC4)cc3)nc2n1-c1ccc2c(n1)[C@@](O)(CI)CC2. The summed E-state index contributed by atoms with van der Waals surface area (Å²) in [6, 6.07) is 21.5. The van der Waals surface area contributed by atoms with Crippen LogP contribution in [0.3, 0.4) is 0 Å². The molecule has 0 saturated carbocycles. The van der Waals surface area contributed by atoms with Gasteiger partial charge in [0, 0.05) is 72.4 Å². The van der Waals surface area contributed by atoms with Crippen molar-refractivity contribution in [3.63, 3.8) is 0 Å². The van der Waals surface area contributed by atoms with E-state index in [2.05, 4.69) is 84.2 Å². The number of halogens is 1. The van der Waals surface area contributed by atoms with Gasteiger partial charge in [-0.15, -0.1) is 6.58 Å². The highest BCUT2D eigenvalue weighted by molar-refractivity contribution is 14.1. The van der Waals surface area contributed by atoms with Crippen LogP contribution < -0.4 is 31.3 Å². The second-order valence-corrected chi connectivity index (χ2v) is 17.0. The Morgan fingerprint density at radius 1 is 0.864 bits per heavy atom. The maximum atomic E-state index is 13.5. The number of hydrogen-bond acceptors (Lipinski definition) is 11. The molecule has 15 heteroatoms. The first-order chi connectivity index (χ1) is 28.7. The van der Waals surface area contributed by atoms with Crippen molar-refractivity contribution in [1.29, 1.82) is 0 Å². The largest absolute Gasteiger partial charge is 0.383 e. The zero-order chi connectivity index (χ0) is 40.7. The van der Waals surface area contributed by atoms with Crippen LogP contribution in [0.25, 0.3) is 16.9 Å². The third kappa shape index (κ3) is 7.87. The van der Waals surface area contributed by atoms with E-state index in [-0.39, 0.29) is 29.8 Å². The first-order valence-electron chi connectivity index (χ1n) is 20.6. The van der Waals surface area contributed by atoms with Crippen LogP contribution in [-0.2, 0) is 28.2 Å². The number of hydrogen-bond donors (Lipinski definition) is 4. The number of fused-ring (bicyclic) bond motifs is 2. The first kappa shape index (κ1) is 39.3. The van der Waals surface area contributed by atoms with Crippen LogP contribution in [0.5, 0.6) is 0 Å². The third-order valence-corrected chi connectivity index (χ3v) is 13.7. The molecule has 4 aliphatic rings. The maximum Gasteiger partial charge on any atom is 0.278 e. The summed E-state index contributed by atoms with van der Waals surface area (Å²) >= 11 is 2.20. The van der Waals surface area contributed by atoms with E-state index in [9.17, 15) is 19.5 Å². The number of carbonyl (C=O) groups is 2. The Balaban J connectivity index is 0.793. The molecule has 1 unspecified atom stereocenters. The monoisotopic (exact) mass is 908 g/mol. The molecule has 2 amide bonds. The van der Waals surface area contributed by atoms with Gasteiger partial charge in [-0.25, -0.2) is 19.3 Å². The van der Waals surface area contributed by atoms with E-state index in [1.165, 1.54) is 11.4 Å². The van der Waals surface area contributed by atoms with Crippen molar-refractivity contribution >= 4 is 68.4 Å². The molecule has 14 nitrogen and oxygen atoms in total. The Bertz CT molecular complexity index is 2430. The van der Waals surface area contributed by atoms with Crippen molar-refractivity contribution in [2.45, 2.75) is 81.5 Å². The lowest BCUT2D eigenvalue weighted by molar-refractivity contribution is -0.134. The summed E-state index contributed by atoms with van der Waals surface area (Å²) in [5.74, 6) is 0.244. The normalized spacial score (nSPS) is 21.5. The minimum absolute atomic E-state index is 0.183. The van der Waals surface area contributed by atoms with Gasteiger partial charge < -0.3 is 25.5 Å². The van der Waals surface area contributed by atoms with Crippen LogP contribution in [0.4, 0.5) is 23.0 Å².